The first-order valence-electron chi connectivity index (χ1n) is 24.7. The molecule has 1 fully saturated rings. The SMILES string of the molecule is CC/C=C\C/C=C\C/C=C\C/C=C\CCCCCCCCCCC(=O)OC(COCCCCCCCC/C=C\C/C=C\CCCCC)COC1OC(CO)C(O)C(OS(=O)(=O)O)C1O. The van der Waals surface area contributed by atoms with Crippen LogP contribution >= 0.6 is 0 Å². The molecule has 0 aliphatic carbocycles. The summed E-state index contributed by atoms with van der Waals surface area (Å²) in [6, 6.07) is 0. The molecule has 1 rings (SSSR count). The van der Waals surface area contributed by atoms with E-state index in [1.54, 1.807) is 0 Å². The van der Waals surface area contributed by atoms with Crippen LogP contribution in [0.15, 0.2) is 72.9 Å². The van der Waals surface area contributed by atoms with E-state index in [-0.39, 0.29) is 19.6 Å². The molecule has 0 saturated carbocycles. The van der Waals surface area contributed by atoms with Gasteiger partial charge in [-0.1, -0.05) is 164 Å². The van der Waals surface area contributed by atoms with Crippen molar-refractivity contribution in [3.05, 3.63) is 72.9 Å². The summed E-state index contributed by atoms with van der Waals surface area (Å²) < 4.78 is 59.2. The van der Waals surface area contributed by atoms with E-state index < -0.39 is 59.8 Å². The zero-order valence-electron chi connectivity index (χ0n) is 39.6. The van der Waals surface area contributed by atoms with Gasteiger partial charge < -0.3 is 34.3 Å². The van der Waals surface area contributed by atoms with Crippen molar-refractivity contribution in [3.63, 3.8) is 0 Å². The zero-order chi connectivity index (χ0) is 46.8. The molecular formula is C51H88O12S. The highest BCUT2D eigenvalue weighted by atomic mass is 32.3. The van der Waals surface area contributed by atoms with Gasteiger partial charge >= 0.3 is 16.4 Å². The largest absolute Gasteiger partial charge is 0.457 e. The van der Waals surface area contributed by atoms with Crippen molar-refractivity contribution in [1.82, 2.24) is 0 Å². The topological polar surface area (TPSA) is 178 Å². The van der Waals surface area contributed by atoms with Crippen molar-refractivity contribution in [2.24, 2.45) is 0 Å². The fourth-order valence-corrected chi connectivity index (χ4v) is 7.61. The summed E-state index contributed by atoms with van der Waals surface area (Å²) >= 11 is 0. The van der Waals surface area contributed by atoms with Crippen LogP contribution in [0.2, 0.25) is 0 Å². The first-order valence-corrected chi connectivity index (χ1v) is 26.1. The fourth-order valence-electron chi connectivity index (χ4n) is 7.10. The molecule has 13 heteroatoms. The average Bonchev–Trinajstić information content (AvgIpc) is 3.27. The van der Waals surface area contributed by atoms with Crippen LogP contribution in [0.3, 0.4) is 0 Å². The van der Waals surface area contributed by atoms with Gasteiger partial charge in [0.1, 0.15) is 30.5 Å². The Kier molecular flexibility index (Phi) is 39.0. The van der Waals surface area contributed by atoms with Crippen LogP contribution < -0.4 is 0 Å². The number of hydrogen-bond acceptors (Lipinski definition) is 11. The summed E-state index contributed by atoms with van der Waals surface area (Å²) in [5.41, 5.74) is 0. The molecule has 1 heterocycles. The lowest BCUT2D eigenvalue weighted by atomic mass is 9.99. The van der Waals surface area contributed by atoms with Gasteiger partial charge in [0.2, 0.25) is 0 Å². The monoisotopic (exact) mass is 925 g/mol. The number of carbonyl (C=O) groups excluding carboxylic acids is 1. The molecule has 6 atom stereocenters. The standard InChI is InChI=1S/C51H88O12S/c1-3-5-7-9-11-13-15-17-19-21-22-23-24-25-26-28-30-32-34-36-38-40-47(53)61-45(44-60-51-49(55)50(63-64(56,57)58)48(54)46(42-52)62-51)43-59-41-39-37-35-33-31-29-27-20-18-16-14-12-10-8-6-4-2/h5,7,11-14,17-20,22-23,45-46,48-52,54-55H,3-4,6,8-10,15-16,21,24-44H2,1-2H3,(H,56,57,58)/b7-5-,13-11-,14-12-,19-17-,20-18-,23-22-. The number of rotatable bonds is 42. The molecule has 0 aromatic carbocycles. The molecule has 0 amide bonds. The van der Waals surface area contributed by atoms with E-state index in [0.29, 0.717) is 13.0 Å². The second kappa shape index (κ2) is 41.9. The fraction of sp³-hybridized carbons (Fsp3) is 0.745. The van der Waals surface area contributed by atoms with Gasteiger partial charge in [-0.25, -0.2) is 4.18 Å². The molecule has 12 nitrogen and oxygen atoms in total. The third-order valence-electron chi connectivity index (χ3n) is 10.8. The first-order chi connectivity index (χ1) is 31.1. The summed E-state index contributed by atoms with van der Waals surface area (Å²) in [4.78, 5) is 12.9. The van der Waals surface area contributed by atoms with Gasteiger partial charge in [-0.2, -0.15) is 8.42 Å². The number of aliphatic hydroxyl groups is 3. The van der Waals surface area contributed by atoms with Crippen LogP contribution in [-0.4, -0.2) is 97.5 Å². The minimum absolute atomic E-state index is 0.0219. The van der Waals surface area contributed by atoms with Crippen molar-refractivity contribution >= 4 is 16.4 Å². The zero-order valence-corrected chi connectivity index (χ0v) is 40.4. The second-order valence-electron chi connectivity index (χ2n) is 16.7. The number of aliphatic hydroxyl groups excluding tert-OH is 3. The molecule has 64 heavy (non-hydrogen) atoms. The van der Waals surface area contributed by atoms with Gasteiger partial charge in [0.15, 0.2) is 6.29 Å². The average molecular weight is 925 g/mol. The lowest BCUT2D eigenvalue weighted by Gasteiger charge is -2.41. The molecule has 6 unspecified atom stereocenters. The molecule has 370 valence electrons. The second-order valence-corrected chi connectivity index (χ2v) is 17.7. The third-order valence-corrected chi connectivity index (χ3v) is 11.3. The van der Waals surface area contributed by atoms with E-state index in [1.165, 1.54) is 64.2 Å². The highest BCUT2D eigenvalue weighted by Gasteiger charge is 2.48. The van der Waals surface area contributed by atoms with Crippen LogP contribution in [0.5, 0.6) is 0 Å². The predicted molar refractivity (Wildman–Crippen MR) is 257 cm³/mol. The normalized spacial score (nSPS) is 20.4. The van der Waals surface area contributed by atoms with Gasteiger partial charge in [-0.05, 0) is 83.5 Å². The maximum absolute atomic E-state index is 12.9. The van der Waals surface area contributed by atoms with Crippen molar-refractivity contribution < 1.29 is 56.2 Å². The van der Waals surface area contributed by atoms with E-state index in [4.69, 9.17) is 18.9 Å². The highest BCUT2D eigenvalue weighted by molar-refractivity contribution is 7.80. The highest BCUT2D eigenvalue weighted by Crippen LogP contribution is 2.26. The molecule has 1 aliphatic heterocycles. The van der Waals surface area contributed by atoms with Crippen LogP contribution in [0.25, 0.3) is 0 Å². The Morgan fingerprint density at radius 1 is 0.609 bits per heavy atom. The summed E-state index contributed by atoms with van der Waals surface area (Å²) in [7, 11) is -5.07. The van der Waals surface area contributed by atoms with Gasteiger partial charge in [-0.3, -0.25) is 9.35 Å². The number of carbonyl (C=O) groups is 1. The van der Waals surface area contributed by atoms with E-state index >= 15 is 0 Å². The lowest BCUT2D eigenvalue weighted by molar-refractivity contribution is -0.301. The molecule has 0 aromatic rings. The van der Waals surface area contributed by atoms with Crippen LogP contribution in [0, 0.1) is 0 Å². The van der Waals surface area contributed by atoms with Crippen LogP contribution in [0.1, 0.15) is 181 Å². The van der Waals surface area contributed by atoms with Gasteiger partial charge in [0.05, 0.1) is 19.8 Å². The summed E-state index contributed by atoms with van der Waals surface area (Å²) in [6.07, 6.45) is 45.0. The van der Waals surface area contributed by atoms with Crippen LogP contribution in [0.4, 0.5) is 0 Å². The molecular weight excluding hydrogens is 837 g/mol. The molecule has 0 aromatic heterocycles. The van der Waals surface area contributed by atoms with Crippen molar-refractivity contribution in [2.75, 3.05) is 26.4 Å². The van der Waals surface area contributed by atoms with Crippen molar-refractivity contribution in [2.45, 2.75) is 218 Å². The molecule has 0 spiro atoms. The Labute approximate surface area is 388 Å². The number of hydrogen-bond donors (Lipinski definition) is 4. The first kappa shape index (κ1) is 59.6. The molecule has 0 bridgehead atoms. The summed E-state index contributed by atoms with van der Waals surface area (Å²) in [5.74, 6) is -0.414. The van der Waals surface area contributed by atoms with Gasteiger partial charge in [0, 0.05) is 13.0 Å². The molecule has 0 radical (unpaired) electrons. The van der Waals surface area contributed by atoms with Crippen LogP contribution in [-0.2, 0) is 38.3 Å². The number of esters is 1. The van der Waals surface area contributed by atoms with Crippen molar-refractivity contribution in [3.8, 4) is 0 Å². The smallest absolute Gasteiger partial charge is 0.397 e. The van der Waals surface area contributed by atoms with Gasteiger partial charge in [0.25, 0.3) is 0 Å². The Morgan fingerprint density at radius 2 is 1.08 bits per heavy atom. The third kappa shape index (κ3) is 34.8. The van der Waals surface area contributed by atoms with E-state index in [9.17, 15) is 33.1 Å². The lowest BCUT2D eigenvalue weighted by Crippen LogP contribution is -2.60. The number of allylic oxidation sites excluding steroid dienone is 12. The predicted octanol–water partition coefficient (Wildman–Crippen LogP) is 11.1. The minimum Gasteiger partial charge on any atom is -0.457 e. The van der Waals surface area contributed by atoms with E-state index in [0.717, 1.165) is 89.9 Å². The quantitative estimate of drug-likeness (QED) is 0.0197. The molecule has 1 aliphatic rings. The minimum atomic E-state index is -5.07. The van der Waals surface area contributed by atoms with Gasteiger partial charge in [-0.15, -0.1) is 0 Å². The van der Waals surface area contributed by atoms with E-state index in [1.807, 2.05) is 0 Å². The summed E-state index contributed by atoms with van der Waals surface area (Å²) in [5, 5.41) is 30.7. The number of unbranched alkanes of at least 4 members (excludes halogenated alkanes) is 17. The maximum Gasteiger partial charge on any atom is 0.397 e. The maximum atomic E-state index is 12.9. The molecule has 4 N–H and O–H groups in total. The molecule has 1 saturated heterocycles. The summed E-state index contributed by atoms with van der Waals surface area (Å²) in [6.45, 7) is 3.81. The van der Waals surface area contributed by atoms with E-state index in [2.05, 4.69) is 90.9 Å². The Balaban J connectivity index is 2.40. The Morgan fingerprint density at radius 3 is 1.58 bits per heavy atom. The Bertz CT molecular complexity index is 1390. The number of ether oxygens (including phenoxy) is 4. The Hall–Kier alpha value is -2.46. The van der Waals surface area contributed by atoms with Crippen molar-refractivity contribution in [1.29, 1.82) is 0 Å².